The van der Waals surface area contributed by atoms with Crippen LogP contribution < -0.4 is 4.90 Å². The Morgan fingerprint density at radius 1 is 1.25 bits per heavy atom. The molecular weight excluding hydrogens is 258 g/mol. The number of carbonyl (C=O) groups is 2. The van der Waals surface area contributed by atoms with Crippen molar-refractivity contribution in [2.24, 2.45) is 5.92 Å². The maximum absolute atomic E-state index is 12.0. The highest BCUT2D eigenvalue weighted by Gasteiger charge is 2.35. The fourth-order valence-electron chi connectivity index (χ4n) is 2.59. The Morgan fingerprint density at radius 3 is 2.75 bits per heavy atom. The lowest BCUT2D eigenvalue weighted by atomic mass is 10.1. The second-order valence-corrected chi connectivity index (χ2v) is 4.93. The number of hydrogen-bond donors (Lipinski definition) is 2. The van der Waals surface area contributed by atoms with Crippen LogP contribution in [0.2, 0.25) is 0 Å². The first-order valence-electron chi connectivity index (χ1n) is 6.31. The van der Waals surface area contributed by atoms with Crippen molar-refractivity contribution < 1.29 is 19.8 Å². The molecule has 2 N–H and O–H groups in total. The monoisotopic (exact) mass is 271 g/mol. The molecule has 1 fully saturated rings. The lowest BCUT2D eigenvalue weighted by Crippen LogP contribution is -2.25. The molecule has 2 aromatic carbocycles. The normalized spacial score (nSPS) is 18.7. The van der Waals surface area contributed by atoms with Gasteiger partial charge in [0.05, 0.1) is 11.6 Å². The Hall–Kier alpha value is -2.56. The summed E-state index contributed by atoms with van der Waals surface area (Å²) in [5.74, 6) is -1.71. The summed E-state index contributed by atoms with van der Waals surface area (Å²) in [6.07, 6.45) is 0.0184. The quantitative estimate of drug-likeness (QED) is 0.875. The first-order valence-corrected chi connectivity index (χ1v) is 6.31. The molecule has 0 saturated carbocycles. The maximum atomic E-state index is 12.0. The standard InChI is InChI=1S/C15H13NO4/c17-11-5-4-9-2-1-3-13(12(9)7-11)16-8-10(15(19)20)6-14(16)18/h1-5,7,10,17H,6,8H2,(H,19,20). The van der Waals surface area contributed by atoms with E-state index >= 15 is 0 Å². The van der Waals surface area contributed by atoms with E-state index in [-0.39, 0.29) is 24.6 Å². The van der Waals surface area contributed by atoms with Crippen molar-refractivity contribution in [1.82, 2.24) is 0 Å². The number of fused-ring (bicyclic) bond motifs is 1. The molecule has 5 nitrogen and oxygen atoms in total. The molecule has 2 aromatic rings. The minimum Gasteiger partial charge on any atom is -0.508 e. The molecule has 0 radical (unpaired) electrons. The molecule has 0 aliphatic carbocycles. The van der Waals surface area contributed by atoms with Crippen molar-refractivity contribution in [3.63, 3.8) is 0 Å². The molecule has 1 amide bonds. The number of phenolic OH excluding ortho intramolecular Hbond substituents is 1. The number of amides is 1. The van der Waals surface area contributed by atoms with Crippen LogP contribution in [0.4, 0.5) is 5.69 Å². The zero-order valence-corrected chi connectivity index (χ0v) is 10.6. The van der Waals surface area contributed by atoms with Crippen LogP contribution in [0, 0.1) is 5.92 Å². The number of carboxylic acids is 1. The van der Waals surface area contributed by atoms with E-state index in [0.717, 1.165) is 10.8 Å². The van der Waals surface area contributed by atoms with Gasteiger partial charge >= 0.3 is 5.97 Å². The summed E-state index contributed by atoms with van der Waals surface area (Å²) in [6.45, 7) is 0.170. The van der Waals surface area contributed by atoms with Gasteiger partial charge in [-0.1, -0.05) is 18.2 Å². The highest BCUT2D eigenvalue weighted by molar-refractivity contribution is 6.06. The summed E-state index contributed by atoms with van der Waals surface area (Å²) in [6, 6.07) is 10.4. The lowest BCUT2D eigenvalue weighted by molar-refractivity contribution is -0.141. The molecule has 1 aliphatic rings. The van der Waals surface area contributed by atoms with Gasteiger partial charge in [-0.25, -0.2) is 0 Å². The van der Waals surface area contributed by atoms with Crippen LogP contribution in [0.3, 0.4) is 0 Å². The van der Waals surface area contributed by atoms with E-state index in [0.29, 0.717) is 5.69 Å². The average Bonchev–Trinajstić information content (AvgIpc) is 2.80. The van der Waals surface area contributed by atoms with Gasteiger partial charge in [-0.3, -0.25) is 9.59 Å². The maximum Gasteiger partial charge on any atom is 0.308 e. The third-order valence-corrected chi connectivity index (χ3v) is 3.61. The van der Waals surface area contributed by atoms with Gasteiger partial charge in [0.2, 0.25) is 5.91 Å². The number of carbonyl (C=O) groups excluding carboxylic acids is 1. The largest absolute Gasteiger partial charge is 0.508 e. The Kier molecular flexibility index (Phi) is 2.82. The van der Waals surface area contributed by atoms with Crippen molar-refractivity contribution in [3.05, 3.63) is 36.4 Å². The fraction of sp³-hybridized carbons (Fsp3) is 0.200. The number of phenols is 1. The molecule has 20 heavy (non-hydrogen) atoms. The van der Waals surface area contributed by atoms with Crippen LogP contribution in [-0.4, -0.2) is 28.6 Å². The molecule has 0 bridgehead atoms. The molecule has 0 spiro atoms. The van der Waals surface area contributed by atoms with Crippen molar-refractivity contribution in [2.45, 2.75) is 6.42 Å². The summed E-state index contributed by atoms with van der Waals surface area (Å²) in [7, 11) is 0. The third kappa shape index (κ3) is 1.97. The molecule has 1 atom stereocenters. The van der Waals surface area contributed by atoms with Crippen LogP contribution in [-0.2, 0) is 9.59 Å². The van der Waals surface area contributed by atoms with Gasteiger partial charge < -0.3 is 15.1 Å². The first-order chi connectivity index (χ1) is 9.56. The summed E-state index contributed by atoms with van der Waals surface area (Å²) >= 11 is 0. The zero-order valence-electron chi connectivity index (χ0n) is 10.6. The summed E-state index contributed by atoms with van der Waals surface area (Å²) in [4.78, 5) is 24.5. The van der Waals surface area contributed by atoms with Gasteiger partial charge in [0.15, 0.2) is 0 Å². The summed E-state index contributed by atoms with van der Waals surface area (Å²) in [5.41, 5.74) is 0.646. The van der Waals surface area contributed by atoms with Gasteiger partial charge in [-0.05, 0) is 23.6 Å². The van der Waals surface area contributed by atoms with E-state index < -0.39 is 11.9 Å². The number of benzene rings is 2. The van der Waals surface area contributed by atoms with Crippen molar-refractivity contribution in [1.29, 1.82) is 0 Å². The minimum absolute atomic E-state index is 0.0184. The van der Waals surface area contributed by atoms with Gasteiger partial charge in [0.1, 0.15) is 5.75 Å². The second kappa shape index (κ2) is 4.52. The highest BCUT2D eigenvalue weighted by atomic mass is 16.4. The molecule has 3 rings (SSSR count). The Labute approximate surface area is 115 Å². The number of rotatable bonds is 2. The van der Waals surface area contributed by atoms with E-state index in [1.165, 1.54) is 4.90 Å². The first kappa shape index (κ1) is 12.5. The predicted molar refractivity (Wildman–Crippen MR) is 73.7 cm³/mol. The smallest absolute Gasteiger partial charge is 0.308 e. The molecule has 1 unspecified atom stereocenters. The zero-order chi connectivity index (χ0) is 14.3. The van der Waals surface area contributed by atoms with E-state index in [1.807, 2.05) is 12.1 Å². The van der Waals surface area contributed by atoms with Gasteiger partial charge in [-0.15, -0.1) is 0 Å². The number of anilines is 1. The van der Waals surface area contributed by atoms with Gasteiger partial charge in [-0.2, -0.15) is 0 Å². The number of aliphatic carboxylic acids is 1. The van der Waals surface area contributed by atoms with Crippen LogP contribution >= 0.6 is 0 Å². The van der Waals surface area contributed by atoms with Crippen LogP contribution in [0.5, 0.6) is 5.75 Å². The number of nitrogens with zero attached hydrogens (tertiary/aromatic N) is 1. The number of hydrogen-bond acceptors (Lipinski definition) is 3. The summed E-state index contributed by atoms with van der Waals surface area (Å²) in [5, 5.41) is 20.3. The highest BCUT2D eigenvalue weighted by Crippen LogP contribution is 2.33. The molecule has 1 saturated heterocycles. The SMILES string of the molecule is O=C(O)C1CC(=O)N(c2cccc3ccc(O)cc23)C1. The topological polar surface area (TPSA) is 77.8 Å². The molecule has 1 aliphatic heterocycles. The van der Waals surface area contributed by atoms with Crippen molar-refractivity contribution >= 4 is 28.3 Å². The van der Waals surface area contributed by atoms with E-state index in [4.69, 9.17) is 5.11 Å². The van der Waals surface area contributed by atoms with Crippen LogP contribution in [0.1, 0.15) is 6.42 Å². The van der Waals surface area contributed by atoms with E-state index in [1.54, 1.807) is 24.3 Å². The van der Waals surface area contributed by atoms with Crippen LogP contribution in [0.15, 0.2) is 36.4 Å². The van der Waals surface area contributed by atoms with Gasteiger partial charge in [0, 0.05) is 18.4 Å². The Morgan fingerprint density at radius 2 is 2.05 bits per heavy atom. The predicted octanol–water partition coefficient (Wildman–Crippen LogP) is 1.98. The van der Waals surface area contributed by atoms with Crippen LogP contribution in [0.25, 0.3) is 10.8 Å². The molecule has 1 heterocycles. The van der Waals surface area contributed by atoms with E-state index in [9.17, 15) is 14.7 Å². The minimum atomic E-state index is -0.955. The molecular formula is C15H13NO4. The average molecular weight is 271 g/mol. The Bertz CT molecular complexity index is 710. The van der Waals surface area contributed by atoms with Crippen molar-refractivity contribution in [3.8, 4) is 5.75 Å². The third-order valence-electron chi connectivity index (χ3n) is 3.61. The second-order valence-electron chi connectivity index (χ2n) is 4.93. The molecule has 0 aromatic heterocycles. The Balaban J connectivity index is 2.08. The lowest BCUT2D eigenvalue weighted by Gasteiger charge is -2.18. The van der Waals surface area contributed by atoms with Crippen molar-refractivity contribution in [2.75, 3.05) is 11.4 Å². The summed E-state index contributed by atoms with van der Waals surface area (Å²) < 4.78 is 0. The van der Waals surface area contributed by atoms with E-state index in [2.05, 4.69) is 0 Å². The molecule has 5 heteroatoms. The fourth-order valence-corrected chi connectivity index (χ4v) is 2.59. The number of carboxylic acid groups (broad SMARTS) is 1. The molecule has 102 valence electrons. The number of aromatic hydroxyl groups is 1. The van der Waals surface area contributed by atoms with Gasteiger partial charge in [0.25, 0.3) is 0 Å².